The third-order valence-electron chi connectivity index (χ3n) is 4.07. The molecule has 0 aromatic heterocycles. The van der Waals surface area contributed by atoms with Crippen LogP contribution in [0.1, 0.15) is 37.0 Å². The molecule has 134 valence electrons. The molecule has 0 aliphatic rings. The van der Waals surface area contributed by atoms with Crippen molar-refractivity contribution in [2.24, 2.45) is 0 Å². The molecule has 0 heterocycles. The first-order chi connectivity index (χ1) is 12.4. The Morgan fingerprint density at radius 1 is 1.35 bits per heavy atom. The monoisotopic (exact) mass is 370 g/mol. The lowest BCUT2D eigenvalue weighted by Gasteiger charge is -2.12. The van der Waals surface area contributed by atoms with Gasteiger partial charge in [0.05, 0.1) is 16.7 Å². The summed E-state index contributed by atoms with van der Waals surface area (Å²) in [5, 5.41) is 12.2. The number of nitrogens with one attached hydrogen (secondary N) is 1. The zero-order chi connectivity index (χ0) is 19.3. The minimum absolute atomic E-state index is 0.0476. The second-order valence-electron chi connectivity index (χ2n) is 6.06. The summed E-state index contributed by atoms with van der Waals surface area (Å²) in [4.78, 5) is 12.1. The second kappa shape index (κ2) is 8.64. The molecule has 0 bridgehead atoms. The fourth-order valence-electron chi connectivity index (χ4n) is 2.59. The zero-order valence-electron chi connectivity index (χ0n) is 15.0. The summed E-state index contributed by atoms with van der Waals surface area (Å²) in [6.45, 7) is 6.20. The lowest BCUT2D eigenvalue weighted by atomic mass is 9.93. The fourth-order valence-corrected chi connectivity index (χ4v) is 2.71. The summed E-state index contributed by atoms with van der Waals surface area (Å²) in [6, 6.07) is 10.1. The number of carbonyl (C=O) groups is 1. The topological polar surface area (TPSA) is 52.9 Å². The number of rotatable bonds is 5. The standard InChI is InChI=1S/C21H20ClFN2O/c1-4-7-25-21(26)13(2)8-17-9-15(12-24)10-18(14(17)3)16-5-6-19(22)20(23)11-16/h5-6,8-11H,4,7H2,1-3H3,(H,25,26)/b13-8+. The molecule has 0 aliphatic carbocycles. The molecule has 0 spiro atoms. The second-order valence-corrected chi connectivity index (χ2v) is 6.47. The molecule has 0 saturated carbocycles. The molecule has 26 heavy (non-hydrogen) atoms. The van der Waals surface area contributed by atoms with Crippen LogP contribution in [0, 0.1) is 24.1 Å². The van der Waals surface area contributed by atoms with Crippen LogP contribution in [-0.2, 0) is 4.79 Å². The van der Waals surface area contributed by atoms with Gasteiger partial charge < -0.3 is 5.32 Å². The van der Waals surface area contributed by atoms with E-state index in [0.717, 1.165) is 23.1 Å². The average molecular weight is 371 g/mol. The van der Waals surface area contributed by atoms with Gasteiger partial charge in [0.15, 0.2) is 0 Å². The maximum Gasteiger partial charge on any atom is 0.246 e. The molecule has 2 aromatic carbocycles. The number of nitriles is 1. The molecule has 2 rings (SSSR count). The van der Waals surface area contributed by atoms with Gasteiger partial charge in [-0.15, -0.1) is 0 Å². The highest BCUT2D eigenvalue weighted by Crippen LogP contribution is 2.30. The maximum atomic E-state index is 13.9. The van der Waals surface area contributed by atoms with Crippen molar-refractivity contribution in [2.75, 3.05) is 6.54 Å². The van der Waals surface area contributed by atoms with Crippen molar-refractivity contribution in [3.8, 4) is 17.2 Å². The highest BCUT2D eigenvalue weighted by Gasteiger charge is 2.12. The molecule has 5 heteroatoms. The lowest BCUT2D eigenvalue weighted by Crippen LogP contribution is -2.24. The molecular formula is C21H20ClFN2O. The van der Waals surface area contributed by atoms with Crippen molar-refractivity contribution < 1.29 is 9.18 Å². The number of carbonyl (C=O) groups excluding carboxylic acids is 1. The highest BCUT2D eigenvalue weighted by molar-refractivity contribution is 6.30. The van der Waals surface area contributed by atoms with Crippen LogP contribution >= 0.6 is 11.6 Å². The van der Waals surface area contributed by atoms with Crippen molar-refractivity contribution in [2.45, 2.75) is 27.2 Å². The Labute approximate surface area is 158 Å². The van der Waals surface area contributed by atoms with E-state index in [9.17, 15) is 14.4 Å². The Hall–Kier alpha value is -2.64. The number of halogens is 2. The Morgan fingerprint density at radius 2 is 2.08 bits per heavy atom. The summed E-state index contributed by atoms with van der Waals surface area (Å²) in [6.07, 6.45) is 2.60. The number of benzene rings is 2. The largest absolute Gasteiger partial charge is 0.352 e. The van der Waals surface area contributed by atoms with E-state index in [4.69, 9.17) is 11.6 Å². The Morgan fingerprint density at radius 3 is 2.69 bits per heavy atom. The van der Waals surface area contributed by atoms with E-state index in [2.05, 4.69) is 11.4 Å². The van der Waals surface area contributed by atoms with Gasteiger partial charge in [-0.25, -0.2) is 4.39 Å². The van der Waals surface area contributed by atoms with Crippen molar-refractivity contribution in [1.29, 1.82) is 5.26 Å². The molecule has 2 aromatic rings. The molecule has 0 saturated heterocycles. The van der Waals surface area contributed by atoms with Gasteiger partial charge in [0.2, 0.25) is 5.91 Å². The van der Waals surface area contributed by atoms with E-state index in [1.54, 1.807) is 31.2 Å². The Kier molecular flexibility index (Phi) is 6.54. The lowest BCUT2D eigenvalue weighted by molar-refractivity contribution is -0.117. The summed E-state index contributed by atoms with van der Waals surface area (Å²) in [5.74, 6) is -0.661. The van der Waals surface area contributed by atoms with Crippen molar-refractivity contribution in [3.63, 3.8) is 0 Å². The van der Waals surface area contributed by atoms with E-state index in [1.807, 2.05) is 13.8 Å². The fraction of sp³-hybridized carbons (Fsp3) is 0.238. The number of hydrogen-bond donors (Lipinski definition) is 1. The minimum atomic E-state index is -0.516. The van der Waals surface area contributed by atoms with Gasteiger partial charge in [-0.3, -0.25) is 4.79 Å². The predicted molar refractivity (Wildman–Crippen MR) is 103 cm³/mol. The first-order valence-corrected chi connectivity index (χ1v) is 8.71. The SMILES string of the molecule is CCCNC(=O)/C(C)=C/c1cc(C#N)cc(-c2ccc(Cl)c(F)c2)c1C. The molecule has 0 unspecified atom stereocenters. The first kappa shape index (κ1) is 19.7. The van der Waals surface area contributed by atoms with Crippen LogP contribution in [0.4, 0.5) is 4.39 Å². The Bertz CT molecular complexity index is 913. The van der Waals surface area contributed by atoms with Gasteiger partial charge in [0, 0.05) is 12.1 Å². The summed E-state index contributed by atoms with van der Waals surface area (Å²) in [7, 11) is 0. The van der Waals surface area contributed by atoms with E-state index < -0.39 is 5.82 Å². The third kappa shape index (κ3) is 4.50. The zero-order valence-corrected chi connectivity index (χ0v) is 15.7. The van der Waals surface area contributed by atoms with Gasteiger partial charge in [0.1, 0.15) is 5.82 Å². The third-order valence-corrected chi connectivity index (χ3v) is 4.38. The van der Waals surface area contributed by atoms with Gasteiger partial charge in [-0.2, -0.15) is 5.26 Å². The number of amides is 1. The van der Waals surface area contributed by atoms with Crippen LogP contribution in [-0.4, -0.2) is 12.5 Å². The number of nitrogens with zero attached hydrogens (tertiary/aromatic N) is 1. The van der Waals surface area contributed by atoms with Crippen LogP contribution in [0.5, 0.6) is 0 Å². The summed E-state index contributed by atoms with van der Waals surface area (Å²) >= 11 is 5.76. The normalized spacial score (nSPS) is 11.2. The molecule has 1 amide bonds. The first-order valence-electron chi connectivity index (χ1n) is 8.34. The molecule has 1 N–H and O–H groups in total. The molecule has 0 fully saturated rings. The van der Waals surface area contributed by atoms with E-state index >= 15 is 0 Å². The Balaban J connectivity index is 2.53. The van der Waals surface area contributed by atoms with Crippen molar-refractivity contribution in [1.82, 2.24) is 5.32 Å². The molecule has 3 nitrogen and oxygen atoms in total. The van der Waals surface area contributed by atoms with Crippen LogP contribution in [0.15, 0.2) is 35.9 Å². The van der Waals surface area contributed by atoms with E-state index in [-0.39, 0.29) is 10.9 Å². The van der Waals surface area contributed by atoms with Gasteiger partial charge in [-0.05, 0) is 72.9 Å². The summed E-state index contributed by atoms with van der Waals surface area (Å²) in [5.41, 5.74) is 3.95. The maximum absolute atomic E-state index is 13.9. The van der Waals surface area contributed by atoms with Gasteiger partial charge in [-0.1, -0.05) is 24.6 Å². The molecule has 0 atom stereocenters. The smallest absolute Gasteiger partial charge is 0.246 e. The van der Waals surface area contributed by atoms with Crippen LogP contribution < -0.4 is 5.32 Å². The number of hydrogen-bond acceptors (Lipinski definition) is 2. The highest BCUT2D eigenvalue weighted by atomic mass is 35.5. The van der Waals surface area contributed by atoms with Gasteiger partial charge in [0.25, 0.3) is 0 Å². The van der Waals surface area contributed by atoms with E-state index in [0.29, 0.717) is 23.2 Å². The molecular weight excluding hydrogens is 351 g/mol. The van der Waals surface area contributed by atoms with Crippen LogP contribution in [0.2, 0.25) is 5.02 Å². The quantitative estimate of drug-likeness (QED) is 0.730. The molecule has 0 radical (unpaired) electrons. The predicted octanol–water partition coefficient (Wildman–Crippen LogP) is 5.26. The minimum Gasteiger partial charge on any atom is -0.352 e. The van der Waals surface area contributed by atoms with Crippen LogP contribution in [0.25, 0.3) is 17.2 Å². The molecule has 0 aliphatic heterocycles. The summed E-state index contributed by atoms with van der Waals surface area (Å²) < 4.78 is 13.9. The van der Waals surface area contributed by atoms with E-state index in [1.165, 1.54) is 12.1 Å². The van der Waals surface area contributed by atoms with Gasteiger partial charge >= 0.3 is 0 Å². The van der Waals surface area contributed by atoms with Crippen LogP contribution in [0.3, 0.4) is 0 Å². The average Bonchev–Trinajstić information content (AvgIpc) is 2.63. The van der Waals surface area contributed by atoms with Crippen molar-refractivity contribution in [3.05, 3.63) is 63.4 Å². The van der Waals surface area contributed by atoms with Crippen molar-refractivity contribution >= 4 is 23.6 Å².